The molecule has 0 bridgehead atoms. The molecule has 1 aliphatic heterocycles. The van der Waals surface area contributed by atoms with Gasteiger partial charge >= 0.3 is 0 Å². The molecule has 0 saturated carbocycles. The third-order valence-electron chi connectivity index (χ3n) is 4.23. The molecule has 1 N–H and O–H groups in total. The van der Waals surface area contributed by atoms with E-state index in [9.17, 15) is 5.11 Å². The predicted molar refractivity (Wildman–Crippen MR) is 86.1 cm³/mol. The van der Waals surface area contributed by atoms with Crippen LogP contribution in [0.2, 0.25) is 0 Å². The highest BCUT2D eigenvalue weighted by Crippen LogP contribution is 2.20. The fraction of sp³-hybridized carbons (Fsp3) is 0.938. The predicted octanol–water partition coefficient (Wildman–Crippen LogP) is 0.856. The first kappa shape index (κ1) is 18.4. The Bertz CT molecular complexity index is 332. The first-order chi connectivity index (χ1) is 9.82. The Kier molecular flexibility index (Phi) is 7.61. The molecule has 5 nitrogen and oxygen atoms in total. The lowest BCUT2D eigenvalue weighted by atomic mass is 9.90. The molecule has 1 heterocycles. The van der Waals surface area contributed by atoms with Crippen molar-refractivity contribution in [2.75, 3.05) is 59.9 Å². The van der Waals surface area contributed by atoms with Crippen LogP contribution >= 0.6 is 0 Å². The summed E-state index contributed by atoms with van der Waals surface area (Å²) in [4.78, 5) is 6.84. The van der Waals surface area contributed by atoms with E-state index in [-0.39, 0.29) is 11.5 Å². The second kappa shape index (κ2) is 8.70. The number of β-amino-alcohol motifs (C(OH)–C–C–N with tert-alkyl or cyclic N) is 1. The molecular formula is C16H32N4O. The maximum Gasteiger partial charge on any atom is 0.0793 e. The van der Waals surface area contributed by atoms with Crippen molar-refractivity contribution in [2.45, 2.75) is 32.8 Å². The fourth-order valence-corrected chi connectivity index (χ4v) is 2.68. The van der Waals surface area contributed by atoms with Crippen LogP contribution in [0.4, 0.5) is 0 Å². The Morgan fingerprint density at radius 1 is 1.29 bits per heavy atom. The topological polar surface area (TPSA) is 53.7 Å². The Morgan fingerprint density at radius 3 is 2.48 bits per heavy atom. The molecule has 0 aliphatic carbocycles. The molecule has 1 rings (SSSR count). The van der Waals surface area contributed by atoms with Gasteiger partial charge in [0.2, 0.25) is 0 Å². The summed E-state index contributed by atoms with van der Waals surface area (Å²) in [5.74, 6) is 0. The van der Waals surface area contributed by atoms with Crippen molar-refractivity contribution in [3.05, 3.63) is 0 Å². The van der Waals surface area contributed by atoms with Crippen LogP contribution in [0.25, 0.3) is 0 Å². The van der Waals surface area contributed by atoms with Gasteiger partial charge in [-0.25, -0.2) is 0 Å². The van der Waals surface area contributed by atoms with E-state index >= 15 is 0 Å². The number of aliphatic hydroxyl groups is 1. The summed E-state index contributed by atoms with van der Waals surface area (Å²) >= 11 is 0. The summed E-state index contributed by atoms with van der Waals surface area (Å²) in [6, 6.07) is 2.34. The normalized spacial score (nSPS) is 19.7. The van der Waals surface area contributed by atoms with Gasteiger partial charge in [0.05, 0.1) is 17.6 Å². The van der Waals surface area contributed by atoms with Crippen molar-refractivity contribution in [3.63, 3.8) is 0 Å². The number of likely N-dealkylation sites (N-methyl/N-ethyl adjacent to an activating group) is 2. The van der Waals surface area contributed by atoms with Crippen molar-refractivity contribution < 1.29 is 5.11 Å². The summed E-state index contributed by atoms with van der Waals surface area (Å²) in [6.07, 6.45) is 1.61. The second-order valence-electron chi connectivity index (χ2n) is 7.12. The number of rotatable bonds is 8. The van der Waals surface area contributed by atoms with Crippen molar-refractivity contribution in [1.29, 1.82) is 5.26 Å². The number of aliphatic hydroxyl groups excluding tert-OH is 1. The molecule has 0 aromatic heterocycles. The van der Waals surface area contributed by atoms with Crippen molar-refractivity contribution in [1.82, 2.24) is 14.7 Å². The summed E-state index contributed by atoms with van der Waals surface area (Å²) in [5.41, 5.74) is -0.237. The Hall–Kier alpha value is -0.670. The van der Waals surface area contributed by atoms with Gasteiger partial charge in [0, 0.05) is 39.3 Å². The number of nitrogens with zero attached hydrogens (tertiary/aromatic N) is 4. The SMILES string of the molecule is CN1CCN(CC(O)CN(C)CCCC(C)(C)C#N)CC1. The minimum absolute atomic E-state index is 0.237. The Balaban J connectivity index is 2.16. The lowest BCUT2D eigenvalue weighted by Crippen LogP contribution is -2.48. The zero-order valence-corrected chi connectivity index (χ0v) is 14.2. The van der Waals surface area contributed by atoms with Gasteiger partial charge in [-0.1, -0.05) is 0 Å². The lowest BCUT2D eigenvalue weighted by molar-refractivity contribution is 0.0601. The molecule has 1 saturated heterocycles. The van der Waals surface area contributed by atoms with E-state index in [4.69, 9.17) is 5.26 Å². The van der Waals surface area contributed by atoms with E-state index in [1.165, 1.54) is 0 Å². The monoisotopic (exact) mass is 296 g/mol. The van der Waals surface area contributed by atoms with E-state index in [0.29, 0.717) is 6.54 Å². The Morgan fingerprint density at radius 2 is 1.90 bits per heavy atom. The largest absolute Gasteiger partial charge is 0.390 e. The van der Waals surface area contributed by atoms with Crippen LogP contribution < -0.4 is 0 Å². The van der Waals surface area contributed by atoms with Gasteiger partial charge in [-0.3, -0.25) is 4.90 Å². The molecule has 1 fully saturated rings. The van der Waals surface area contributed by atoms with Crippen LogP contribution in [-0.4, -0.2) is 85.8 Å². The van der Waals surface area contributed by atoms with E-state index in [1.807, 2.05) is 20.9 Å². The zero-order chi connectivity index (χ0) is 15.9. The molecule has 1 atom stereocenters. The smallest absolute Gasteiger partial charge is 0.0793 e. The molecular weight excluding hydrogens is 264 g/mol. The van der Waals surface area contributed by atoms with Crippen molar-refractivity contribution in [2.24, 2.45) is 5.41 Å². The molecule has 0 amide bonds. The van der Waals surface area contributed by atoms with Gasteiger partial charge in [-0.15, -0.1) is 0 Å². The third kappa shape index (κ3) is 7.77. The van der Waals surface area contributed by atoms with Crippen molar-refractivity contribution >= 4 is 0 Å². The highest BCUT2D eigenvalue weighted by molar-refractivity contribution is 4.91. The average molecular weight is 296 g/mol. The first-order valence-corrected chi connectivity index (χ1v) is 8.01. The highest BCUT2D eigenvalue weighted by Gasteiger charge is 2.19. The van der Waals surface area contributed by atoms with Crippen LogP contribution in [0.1, 0.15) is 26.7 Å². The fourth-order valence-electron chi connectivity index (χ4n) is 2.68. The van der Waals surface area contributed by atoms with E-state index in [0.717, 1.165) is 52.1 Å². The van der Waals surface area contributed by atoms with E-state index in [2.05, 4.69) is 27.8 Å². The summed E-state index contributed by atoms with van der Waals surface area (Å²) in [5, 5.41) is 19.2. The average Bonchev–Trinajstić information content (AvgIpc) is 2.41. The van der Waals surface area contributed by atoms with Gasteiger partial charge in [0.1, 0.15) is 0 Å². The zero-order valence-electron chi connectivity index (χ0n) is 14.2. The van der Waals surface area contributed by atoms with Gasteiger partial charge in [0.25, 0.3) is 0 Å². The summed E-state index contributed by atoms with van der Waals surface area (Å²) in [6.45, 7) is 10.6. The molecule has 122 valence electrons. The summed E-state index contributed by atoms with van der Waals surface area (Å²) < 4.78 is 0. The standard InChI is InChI=1S/C16H32N4O/c1-16(2,14-17)6-5-7-19(4)12-15(21)13-20-10-8-18(3)9-11-20/h15,21H,5-13H2,1-4H3. The van der Waals surface area contributed by atoms with Crippen LogP contribution in [-0.2, 0) is 0 Å². The van der Waals surface area contributed by atoms with Gasteiger partial charge in [-0.2, -0.15) is 5.26 Å². The van der Waals surface area contributed by atoms with Crippen LogP contribution in [0.3, 0.4) is 0 Å². The minimum Gasteiger partial charge on any atom is -0.390 e. The van der Waals surface area contributed by atoms with E-state index in [1.54, 1.807) is 0 Å². The number of hydrogen-bond donors (Lipinski definition) is 1. The van der Waals surface area contributed by atoms with Crippen LogP contribution in [0.5, 0.6) is 0 Å². The van der Waals surface area contributed by atoms with Gasteiger partial charge in [0.15, 0.2) is 0 Å². The molecule has 5 heteroatoms. The van der Waals surface area contributed by atoms with Crippen molar-refractivity contribution in [3.8, 4) is 6.07 Å². The maximum absolute atomic E-state index is 10.2. The molecule has 1 unspecified atom stereocenters. The second-order valence-corrected chi connectivity index (χ2v) is 7.12. The minimum atomic E-state index is -0.289. The quantitative estimate of drug-likeness (QED) is 0.720. The molecule has 0 aromatic rings. The Labute approximate surface area is 130 Å². The molecule has 0 aromatic carbocycles. The van der Waals surface area contributed by atoms with Gasteiger partial charge < -0.3 is 14.9 Å². The molecule has 1 aliphatic rings. The maximum atomic E-state index is 10.2. The van der Waals surface area contributed by atoms with Crippen LogP contribution in [0.15, 0.2) is 0 Å². The van der Waals surface area contributed by atoms with E-state index < -0.39 is 0 Å². The molecule has 0 spiro atoms. The van der Waals surface area contributed by atoms with Crippen LogP contribution in [0, 0.1) is 16.7 Å². The van der Waals surface area contributed by atoms with Gasteiger partial charge in [-0.05, 0) is 47.3 Å². The first-order valence-electron chi connectivity index (χ1n) is 8.01. The summed E-state index contributed by atoms with van der Waals surface area (Å²) in [7, 11) is 4.19. The number of piperazine rings is 1. The lowest BCUT2D eigenvalue weighted by Gasteiger charge is -2.34. The third-order valence-corrected chi connectivity index (χ3v) is 4.23. The number of hydrogen-bond acceptors (Lipinski definition) is 5. The molecule has 0 radical (unpaired) electrons. The number of nitriles is 1. The molecule has 21 heavy (non-hydrogen) atoms. The highest BCUT2D eigenvalue weighted by atomic mass is 16.3.